The molecular weight excluding hydrogens is 288 g/mol. The minimum absolute atomic E-state index is 0.401. The first-order valence-electron chi connectivity index (χ1n) is 6.42. The van der Waals surface area contributed by atoms with E-state index in [1.165, 1.54) is 0 Å². The predicted molar refractivity (Wildman–Crippen MR) is 81.5 cm³/mol. The molecule has 3 aromatic rings. The molecule has 0 aliphatic heterocycles. The molecule has 0 aliphatic rings. The van der Waals surface area contributed by atoms with Crippen molar-refractivity contribution in [3.8, 4) is 28.6 Å². The number of ether oxygens (including phenoxy) is 1. The van der Waals surface area contributed by atoms with E-state index >= 15 is 0 Å². The maximum absolute atomic E-state index is 6.22. The van der Waals surface area contributed by atoms with Gasteiger partial charge in [0.05, 0.1) is 17.7 Å². The van der Waals surface area contributed by atoms with E-state index in [2.05, 4.69) is 10.1 Å². The van der Waals surface area contributed by atoms with Crippen molar-refractivity contribution in [3.05, 3.63) is 53.1 Å². The second-order valence-corrected chi connectivity index (χ2v) is 5.05. The topological polar surface area (TPSA) is 48.2 Å². The van der Waals surface area contributed by atoms with E-state index in [9.17, 15) is 0 Å². The van der Waals surface area contributed by atoms with Crippen LogP contribution in [0.25, 0.3) is 22.8 Å². The van der Waals surface area contributed by atoms with Crippen molar-refractivity contribution in [2.24, 2.45) is 0 Å². The van der Waals surface area contributed by atoms with Gasteiger partial charge >= 0.3 is 0 Å². The molecule has 1 aromatic heterocycles. The fraction of sp³-hybridized carbons (Fsp3) is 0.125. The van der Waals surface area contributed by atoms with Crippen LogP contribution < -0.4 is 4.74 Å². The Kier molecular flexibility index (Phi) is 3.62. The van der Waals surface area contributed by atoms with Crippen molar-refractivity contribution >= 4 is 11.6 Å². The third kappa shape index (κ3) is 2.76. The largest absolute Gasteiger partial charge is 0.497 e. The summed E-state index contributed by atoms with van der Waals surface area (Å²) in [6, 6.07) is 13.2. The fourth-order valence-electron chi connectivity index (χ4n) is 2.01. The third-order valence-electron chi connectivity index (χ3n) is 3.11. The molecule has 0 bridgehead atoms. The van der Waals surface area contributed by atoms with Crippen molar-refractivity contribution in [1.82, 2.24) is 10.1 Å². The van der Waals surface area contributed by atoms with Crippen LogP contribution in [-0.2, 0) is 0 Å². The van der Waals surface area contributed by atoms with Crippen LogP contribution in [0.5, 0.6) is 5.75 Å². The predicted octanol–water partition coefficient (Wildman–Crippen LogP) is 4.37. The Balaban J connectivity index is 1.99. The SMILES string of the molecule is COc1cccc(-c2noc(-c3ccc(C)cc3Cl)n2)c1. The van der Waals surface area contributed by atoms with Gasteiger partial charge in [-0.1, -0.05) is 35.0 Å². The third-order valence-corrected chi connectivity index (χ3v) is 3.42. The van der Waals surface area contributed by atoms with Gasteiger partial charge in [0, 0.05) is 5.56 Å². The zero-order chi connectivity index (χ0) is 14.8. The Morgan fingerprint density at radius 1 is 1.14 bits per heavy atom. The Morgan fingerprint density at radius 2 is 2.00 bits per heavy atom. The van der Waals surface area contributed by atoms with Gasteiger partial charge in [0.1, 0.15) is 5.75 Å². The molecule has 1 heterocycles. The van der Waals surface area contributed by atoms with Gasteiger partial charge in [0.25, 0.3) is 5.89 Å². The lowest BCUT2D eigenvalue weighted by Crippen LogP contribution is -1.85. The Hall–Kier alpha value is -2.33. The second-order valence-electron chi connectivity index (χ2n) is 4.64. The summed E-state index contributed by atoms with van der Waals surface area (Å²) in [5.41, 5.74) is 2.63. The van der Waals surface area contributed by atoms with E-state index in [0.29, 0.717) is 16.7 Å². The highest BCUT2D eigenvalue weighted by atomic mass is 35.5. The molecule has 0 aliphatic carbocycles. The van der Waals surface area contributed by atoms with Crippen molar-refractivity contribution in [2.75, 3.05) is 7.11 Å². The van der Waals surface area contributed by atoms with Crippen LogP contribution in [0.1, 0.15) is 5.56 Å². The summed E-state index contributed by atoms with van der Waals surface area (Å²) >= 11 is 6.22. The molecule has 3 rings (SSSR count). The molecule has 0 radical (unpaired) electrons. The molecule has 4 nitrogen and oxygen atoms in total. The van der Waals surface area contributed by atoms with E-state index in [1.54, 1.807) is 7.11 Å². The summed E-state index contributed by atoms with van der Waals surface area (Å²) in [5.74, 6) is 1.64. The van der Waals surface area contributed by atoms with Gasteiger partial charge in [0.2, 0.25) is 5.82 Å². The maximum Gasteiger partial charge on any atom is 0.259 e. The lowest BCUT2D eigenvalue weighted by molar-refractivity contribution is 0.414. The highest BCUT2D eigenvalue weighted by molar-refractivity contribution is 6.33. The number of aromatic nitrogens is 2. The lowest BCUT2D eigenvalue weighted by atomic mass is 10.1. The van der Waals surface area contributed by atoms with Gasteiger partial charge < -0.3 is 9.26 Å². The average Bonchev–Trinajstić information content (AvgIpc) is 2.97. The summed E-state index contributed by atoms with van der Waals surface area (Å²) in [4.78, 5) is 4.40. The number of methoxy groups -OCH3 is 1. The lowest BCUT2D eigenvalue weighted by Gasteiger charge is -2.00. The van der Waals surface area contributed by atoms with E-state index in [4.69, 9.17) is 20.9 Å². The summed E-state index contributed by atoms with van der Waals surface area (Å²) < 4.78 is 10.5. The molecule has 0 fully saturated rings. The minimum atomic E-state index is 0.401. The first-order valence-corrected chi connectivity index (χ1v) is 6.80. The molecule has 5 heteroatoms. The van der Waals surface area contributed by atoms with Gasteiger partial charge in [-0.05, 0) is 36.8 Å². The number of aryl methyl sites for hydroxylation is 1. The van der Waals surface area contributed by atoms with E-state index < -0.39 is 0 Å². The smallest absolute Gasteiger partial charge is 0.259 e. The van der Waals surface area contributed by atoms with Gasteiger partial charge in [-0.15, -0.1) is 0 Å². The van der Waals surface area contributed by atoms with E-state index in [-0.39, 0.29) is 0 Å². The molecule has 0 atom stereocenters. The maximum atomic E-state index is 6.22. The standard InChI is InChI=1S/C16H13ClN2O2/c1-10-6-7-13(14(17)8-10)16-18-15(19-21-16)11-4-3-5-12(9-11)20-2/h3-9H,1-2H3. The summed E-state index contributed by atoms with van der Waals surface area (Å²) in [7, 11) is 1.62. The summed E-state index contributed by atoms with van der Waals surface area (Å²) in [6.07, 6.45) is 0. The van der Waals surface area contributed by atoms with E-state index in [0.717, 1.165) is 22.4 Å². The van der Waals surface area contributed by atoms with Crippen molar-refractivity contribution in [3.63, 3.8) is 0 Å². The van der Waals surface area contributed by atoms with Crippen LogP contribution in [-0.4, -0.2) is 17.3 Å². The number of hydrogen-bond acceptors (Lipinski definition) is 4. The molecule has 0 unspecified atom stereocenters. The average molecular weight is 301 g/mol. The summed E-state index contributed by atoms with van der Waals surface area (Å²) in [6.45, 7) is 1.98. The van der Waals surface area contributed by atoms with Gasteiger partial charge in [-0.3, -0.25) is 0 Å². The monoisotopic (exact) mass is 300 g/mol. The van der Waals surface area contributed by atoms with Crippen LogP contribution in [0, 0.1) is 6.92 Å². The van der Waals surface area contributed by atoms with Crippen LogP contribution >= 0.6 is 11.6 Å². The Morgan fingerprint density at radius 3 is 2.76 bits per heavy atom. The Labute approximate surface area is 127 Å². The van der Waals surface area contributed by atoms with Gasteiger partial charge in [-0.2, -0.15) is 4.98 Å². The highest BCUT2D eigenvalue weighted by Gasteiger charge is 2.13. The molecule has 21 heavy (non-hydrogen) atoms. The quantitative estimate of drug-likeness (QED) is 0.720. The van der Waals surface area contributed by atoms with Crippen molar-refractivity contribution < 1.29 is 9.26 Å². The van der Waals surface area contributed by atoms with Crippen molar-refractivity contribution in [2.45, 2.75) is 6.92 Å². The zero-order valence-electron chi connectivity index (χ0n) is 11.6. The highest BCUT2D eigenvalue weighted by Crippen LogP contribution is 2.29. The first-order chi connectivity index (χ1) is 10.2. The molecule has 0 spiro atoms. The number of rotatable bonds is 3. The molecule has 0 saturated carbocycles. The van der Waals surface area contributed by atoms with E-state index in [1.807, 2.05) is 49.4 Å². The summed E-state index contributed by atoms with van der Waals surface area (Å²) in [5, 5.41) is 4.59. The van der Waals surface area contributed by atoms with Gasteiger partial charge in [0.15, 0.2) is 0 Å². The minimum Gasteiger partial charge on any atom is -0.497 e. The molecule has 0 N–H and O–H groups in total. The van der Waals surface area contributed by atoms with Crippen LogP contribution in [0.2, 0.25) is 5.02 Å². The molecule has 2 aromatic carbocycles. The molecule has 0 amide bonds. The van der Waals surface area contributed by atoms with Gasteiger partial charge in [-0.25, -0.2) is 0 Å². The fourth-order valence-corrected chi connectivity index (χ4v) is 2.32. The normalized spacial score (nSPS) is 10.6. The number of halogens is 1. The van der Waals surface area contributed by atoms with Crippen LogP contribution in [0.3, 0.4) is 0 Å². The number of nitrogens with zero attached hydrogens (tertiary/aromatic N) is 2. The molecule has 0 saturated heterocycles. The molecular formula is C16H13ClN2O2. The first kappa shape index (κ1) is 13.6. The Bertz CT molecular complexity index is 783. The second kappa shape index (κ2) is 5.58. The van der Waals surface area contributed by atoms with Crippen LogP contribution in [0.15, 0.2) is 47.0 Å². The number of hydrogen-bond donors (Lipinski definition) is 0. The van der Waals surface area contributed by atoms with Crippen LogP contribution in [0.4, 0.5) is 0 Å². The zero-order valence-corrected chi connectivity index (χ0v) is 12.4. The number of benzene rings is 2. The van der Waals surface area contributed by atoms with Crippen molar-refractivity contribution in [1.29, 1.82) is 0 Å². The molecule has 106 valence electrons.